The molecule has 5 nitrogen and oxygen atoms in total. The molecule has 0 atom stereocenters. The molecule has 0 bridgehead atoms. The lowest BCUT2D eigenvalue weighted by Crippen LogP contribution is -2.20. The molecule has 1 aliphatic rings. The molecule has 1 heterocycles. The van der Waals surface area contributed by atoms with Gasteiger partial charge in [0.25, 0.3) is 0 Å². The maximum absolute atomic E-state index is 13.1. The second-order valence-corrected chi connectivity index (χ2v) is 7.33. The largest absolute Gasteiger partial charge is 0.399 e. The van der Waals surface area contributed by atoms with Crippen LogP contribution in [0.3, 0.4) is 0 Å². The maximum Gasteiger partial charge on any atom is 0.229 e. The third-order valence-corrected chi connectivity index (χ3v) is 5.08. The number of aryl methyl sites for hydroxylation is 3. The zero-order chi connectivity index (χ0) is 20.4. The molecule has 0 unspecified atom stereocenters. The number of nitrogen functional groups attached to an aromatic ring is 1. The van der Waals surface area contributed by atoms with Crippen LogP contribution in [-0.4, -0.2) is 15.9 Å². The summed E-state index contributed by atoms with van der Waals surface area (Å²) >= 11 is 0. The van der Waals surface area contributed by atoms with E-state index in [1.165, 1.54) is 17.7 Å². The predicted molar refractivity (Wildman–Crippen MR) is 112 cm³/mol. The molecule has 1 aromatic heterocycles. The van der Waals surface area contributed by atoms with E-state index in [9.17, 15) is 9.18 Å². The molecule has 2 aromatic carbocycles. The van der Waals surface area contributed by atoms with E-state index >= 15 is 0 Å². The van der Waals surface area contributed by atoms with Gasteiger partial charge in [-0.2, -0.15) is 0 Å². The first-order valence-electron chi connectivity index (χ1n) is 9.86. The van der Waals surface area contributed by atoms with Gasteiger partial charge >= 0.3 is 0 Å². The lowest BCUT2D eigenvalue weighted by atomic mass is 9.91. The molecule has 3 N–H and O–H groups in total. The summed E-state index contributed by atoms with van der Waals surface area (Å²) in [6, 6.07) is 11.8. The number of carbonyl (C=O) groups is 1. The first kappa shape index (κ1) is 19.1. The standard InChI is InChI=1S/C23H23FN4O/c1-2-3-20-23(28-21(29)12-14-4-7-16(24)8-5-14)27-19-11-6-15-13-17(25)9-10-18(15)22(19)26-20/h4-5,7-10,13H,2-3,6,11-12,25H2,1H3,(H,27,28,29). The summed E-state index contributed by atoms with van der Waals surface area (Å²) in [5, 5.41) is 2.92. The number of carbonyl (C=O) groups excluding carboxylic acids is 1. The van der Waals surface area contributed by atoms with Gasteiger partial charge in [0.2, 0.25) is 5.91 Å². The monoisotopic (exact) mass is 390 g/mol. The second-order valence-electron chi connectivity index (χ2n) is 7.33. The topological polar surface area (TPSA) is 80.9 Å². The minimum atomic E-state index is -0.318. The highest BCUT2D eigenvalue weighted by atomic mass is 19.1. The average Bonchev–Trinajstić information content (AvgIpc) is 2.70. The predicted octanol–water partition coefficient (Wildman–Crippen LogP) is 4.10. The number of amides is 1. The van der Waals surface area contributed by atoms with E-state index in [0.29, 0.717) is 5.82 Å². The molecular formula is C23H23FN4O. The molecule has 0 fully saturated rings. The third kappa shape index (κ3) is 4.11. The van der Waals surface area contributed by atoms with Crippen molar-refractivity contribution in [1.29, 1.82) is 0 Å². The highest BCUT2D eigenvalue weighted by Crippen LogP contribution is 2.34. The van der Waals surface area contributed by atoms with E-state index in [4.69, 9.17) is 15.7 Å². The van der Waals surface area contributed by atoms with Crippen LogP contribution < -0.4 is 11.1 Å². The minimum absolute atomic E-state index is 0.159. The fourth-order valence-electron chi connectivity index (χ4n) is 3.67. The Bertz CT molecular complexity index is 1060. The number of aromatic nitrogens is 2. The van der Waals surface area contributed by atoms with Crippen LogP contribution in [0.2, 0.25) is 0 Å². The lowest BCUT2D eigenvalue weighted by molar-refractivity contribution is -0.115. The molecule has 1 aliphatic carbocycles. The highest BCUT2D eigenvalue weighted by molar-refractivity contribution is 5.92. The van der Waals surface area contributed by atoms with Crippen molar-refractivity contribution in [2.75, 3.05) is 11.1 Å². The number of anilines is 2. The number of benzene rings is 2. The van der Waals surface area contributed by atoms with Crippen LogP contribution >= 0.6 is 0 Å². The van der Waals surface area contributed by atoms with E-state index in [0.717, 1.165) is 59.6 Å². The Morgan fingerprint density at radius 1 is 1.14 bits per heavy atom. The fourth-order valence-corrected chi connectivity index (χ4v) is 3.67. The Labute approximate surface area is 169 Å². The molecule has 0 aliphatic heterocycles. The Hall–Kier alpha value is -3.28. The molecule has 0 spiro atoms. The average molecular weight is 390 g/mol. The number of nitrogens with two attached hydrogens (primary N) is 1. The summed E-state index contributed by atoms with van der Waals surface area (Å²) in [5.41, 5.74) is 12.2. The van der Waals surface area contributed by atoms with Crippen LogP contribution in [-0.2, 0) is 30.5 Å². The molecule has 148 valence electrons. The van der Waals surface area contributed by atoms with Crippen molar-refractivity contribution in [1.82, 2.24) is 9.97 Å². The summed E-state index contributed by atoms with van der Waals surface area (Å²) in [7, 11) is 0. The molecule has 0 radical (unpaired) electrons. The first-order chi connectivity index (χ1) is 14.0. The van der Waals surface area contributed by atoms with Crippen molar-refractivity contribution in [2.45, 2.75) is 39.0 Å². The molecule has 29 heavy (non-hydrogen) atoms. The van der Waals surface area contributed by atoms with E-state index in [2.05, 4.69) is 12.2 Å². The summed E-state index contributed by atoms with van der Waals surface area (Å²) in [5.74, 6) is 0.0192. The first-order valence-corrected chi connectivity index (χ1v) is 9.86. The number of halogens is 1. The van der Waals surface area contributed by atoms with Crippen molar-refractivity contribution >= 4 is 17.4 Å². The Balaban J connectivity index is 1.63. The number of nitrogens with one attached hydrogen (secondary N) is 1. The molecule has 3 aromatic rings. The van der Waals surface area contributed by atoms with Crippen molar-refractivity contribution in [3.63, 3.8) is 0 Å². The maximum atomic E-state index is 13.1. The van der Waals surface area contributed by atoms with Gasteiger partial charge in [-0.3, -0.25) is 4.79 Å². The number of fused-ring (bicyclic) bond motifs is 3. The summed E-state index contributed by atoms with van der Waals surface area (Å²) in [6.45, 7) is 2.07. The summed E-state index contributed by atoms with van der Waals surface area (Å²) < 4.78 is 13.1. The highest BCUT2D eigenvalue weighted by Gasteiger charge is 2.22. The Morgan fingerprint density at radius 2 is 1.93 bits per heavy atom. The number of rotatable bonds is 5. The van der Waals surface area contributed by atoms with Crippen molar-refractivity contribution in [3.8, 4) is 11.3 Å². The second kappa shape index (κ2) is 7.99. The van der Waals surface area contributed by atoms with Gasteiger partial charge in [-0.1, -0.05) is 31.5 Å². The minimum Gasteiger partial charge on any atom is -0.399 e. The fraction of sp³-hybridized carbons (Fsp3) is 0.261. The van der Waals surface area contributed by atoms with E-state index in [-0.39, 0.29) is 18.1 Å². The third-order valence-electron chi connectivity index (χ3n) is 5.08. The quantitative estimate of drug-likeness (QED) is 0.643. The number of hydrogen-bond acceptors (Lipinski definition) is 4. The molecule has 0 saturated carbocycles. The van der Waals surface area contributed by atoms with Crippen molar-refractivity contribution in [2.24, 2.45) is 0 Å². The zero-order valence-corrected chi connectivity index (χ0v) is 16.3. The van der Waals surface area contributed by atoms with Gasteiger partial charge in [-0.05, 0) is 54.7 Å². The molecule has 6 heteroatoms. The zero-order valence-electron chi connectivity index (χ0n) is 16.3. The van der Waals surface area contributed by atoms with Crippen LogP contribution in [0.25, 0.3) is 11.3 Å². The van der Waals surface area contributed by atoms with E-state index < -0.39 is 0 Å². The van der Waals surface area contributed by atoms with Gasteiger partial charge in [-0.25, -0.2) is 14.4 Å². The van der Waals surface area contributed by atoms with Crippen LogP contribution in [0.4, 0.5) is 15.9 Å². The SMILES string of the molecule is CCCc1nc2c(nc1NC(=O)Cc1ccc(F)cc1)CCc1cc(N)ccc1-2. The molecule has 4 rings (SSSR count). The van der Waals surface area contributed by atoms with Gasteiger partial charge < -0.3 is 11.1 Å². The van der Waals surface area contributed by atoms with E-state index in [1.807, 2.05) is 18.2 Å². The molecular weight excluding hydrogens is 367 g/mol. The Kier molecular flexibility index (Phi) is 5.25. The van der Waals surface area contributed by atoms with Crippen LogP contribution in [0.5, 0.6) is 0 Å². The molecule has 1 amide bonds. The van der Waals surface area contributed by atoms with Gasteiger partial charge in [-0.15, -0.1) is 0 Å². The number of nitrogens with zero attached hydrogens (tertiary/aromatic N) is 2. The number of hydrogen-bond donors (Lipinski definition) is 2. The van der Waals surface area contributed by atoms with E-state index in [1.54, 1.807) is 12.1 Å². The summed E-state index contributed by atoms with van der Waals surface area (Å²) in [4.78, 5) is 22.2. The van der Waals surface area contributed by atoms with Gasteiger partial charge in [0, 0.05) is 11.3 Å². The smallest absolute Gasteiger partial charge is 0.229 e. The van der Waals surface area contributed by atoms with Gasteiger partial charge in [0.05, 0.1) is 23.5 Å². The van der Waals surface area contributed by atoms with Crippen LogP contribution in [0, 0.1) is 5.82 Å². The lowest BCUT2D eigenvalue weighted by Gasteiger charge is -2.21. The normalized spacial score (nSPS) is 12.2. The van der Waals surface area contributed by atoms with Gasteiger partial charge in [0.15, 0.2) is 5.82 Å². The van der Waals surface area contributed by atoms with Crippen molar-refractivity contribution < 1.29 is 9.18 Å². The molecule has 0 saturated heterocycles. The van der Waals surface area contributed by atoms with Crippen LogP contribution in [0.1, 0.15) is 35.9 Å². The van der Waals surface area contributed by atoms with Gasteiger partial charge in [0.1, 0.15) is 5.82 Å². The van der Waals surface area contributed by atoms with Crippen molar-refractivity contribution in [3.05, 3.63) is 70.8 Å². The van der Waals surface area contributed by atoms with Crippen LogP contribution in [0.15, 0.2) is 42.5 Å². The summed E-state index contributed by atoms with van der Waals surface area (Å²) in [6.07, 6.45) is 3.37. The Morgan fingerprint density at radius 3 is 2.69 bits per heavy atom.